The molecule has 1 nitrogen and oxygen atoms in total. The molecule has 3 aliphatic carbocycles. The molecule has 0 heterocycles. The Morgan fingerprint density at radius 2 is 1.03 bits per heavy atom. The lowest BCUT2D eigenvalue weighted by molar-refractivity contribution is 0.168. The third-order valence-corrected chi connectivity index (χ3v) is 14.0. The van der Waals surface area contributed by atoms with Crippen molar-refractivity contribution >= 4 is 17.1 Å². The van der Waals surface area contributed by atoms with E-state index in [1.54, 1.807) is 6.07 Å². The van der Waals surface area contributed by atoms with Gasteiger partial charge >= 0.3 is 0 Å². The second-order valence-electron chi connectivity index (χ2n) is 17.6. The quantitative estimate of drug-likeness (QED) is 0.145. The molecule has 0 radical (unpaired) electrons. The normalized spacial score (nSPS) is 19.9. The van der Waals surface area contributed by atoms with Crippen LogP contribution in [0.25, 0.3) is 55.6 Å². The van der Waals surface area contributed by atoms with Crippen molar-refractivity contribution in [3.05, 3.63) is 223 Å². The SMILES string of the molecule is CC1=CC2(c3ccccc3-c3cc(-c4ccc(-c5ccccc5)cc4)c(N(c4ccccc4)c4c(F)cc(-c5ccccc5)cc4-c4ccccc4)cc32)C2CC(C)CC1C2. The highest BCUT2D eigenvalue weighted by molar-refractivity contribution is 5.99. The summed E-state index contributed by atoms with van der Waals surface area (Å²) >= 11 is 0. The molecule has 0 aromatic heterocycles. The molecule has 8 aromatic rings. The second kappa shape index (κ2) is 15.0. The molecule has 0 saturated heterocycles. The Hall–Kier alpha value is -6.77. The Labute approximate surface area is 359 Å². The molecule has 2 heteroatoms. The minimum absolute atomic E-state index is 0.273. The molecule has 3 aliphatic rings. The van der Waals surface area contributed by atoms with Crippen LogP contribution in [-0.2, 0) is 5.41 Å². The van der Waals surface area contributed by atoms with Crippen LogP contribution in [0.1, 0.15) is 44.2 Å². The van der Waals surface area contributed by atoms with E-state index in [9.17, 15) is 0 Å². The highest BCUT2D eigenvalue weighted by Gasteiger charge is 2.52. The smallest absolute Gasteiger partial charge is 0.148 e. The van der Waals surface area contributed by atoms with Crippen LogP contribution >= 0.6 is 0 Å². The van der Waals surface area contributed by atoms with Crippen LogP contribution < -0.4 is 4.90 Å². The Morgan fingerprint density at radius 3 is 1.72 bits per heavy atom. The van der Waals surface area contributed by atoms with E-state index in [-0.39, 0.29) is 11.2 Å². The van der Waals surface area contributed by atoms with Gasteiger partial charge in [0, 0.05) is 22.2 Å². The monoisotopic (exact) mass is 789 g/mol. The van der Waals surface area contributed by atoms with Crippen molar-refractivity contribution in [1.29, 1.82) is 0 Å². The van der Waals surface area contributed by atoms with Gasteiger partial charge in [-0.2, -0.15) is 0 Å². The van der Waals surface area contributed by atoms with Gasteiger partial charge in [-0.25, -0.2) is 4.39 Å². The molecule has 61 heavy (non-hydrogen) atoms. The number of rotatable bonds is 7. The largest absolute Gasteiger partial charge is 0.307 e. The fraction of sp³-hybridized carbons (Fsp3) is 0.153. The number of fused-ring (bicyclic) bond motifs is 8. The van der Waals surface area contributed by atoms with Gasteiger partial charge in [-0.15, -0.1) is 0 Å². The number of anilines is 3. The molecule has 0 aliphatic heterocycles. The van der Waals surface area contributed by atoms with E-state index >= 15 is 4.39 Å². The maximum Gasteiger partial charge on any atom is 0.148 e. The van der Waals surface area contributed by atoms with Crippen LogP contribution in [0.4, 0.5) is 21.5 Å². The summed E-state index contributed by atoms with van der Waals surface area (Å²) in [5.41, 5.74) is 17.0. The minimum Gasteiger partial charge on any atom is -0.307 e. The van der Waals surface area contributed by atoms with Crippen LogP contribution in [0.15, 0.2) is 206 Å². The Morgan fingerprint density at radius 1 is 0.475 bits per heavy atom. The van der Waals surface area contributed by atoms with E-state index in [1.165, 1.54) is 52.7 Å². The number of allylic oxidation sites excluding steroid dienone is 2. The van der Waals surface area contributed by atoms with Gasteiger partial charge < -0.3 is 4.90 Å². The van der Waals surface area contributed by atoms with Crippen molar-refractivity contribution in [2.24, 2.45) is 17.8 Å². The molecule has 2 bridgehead atoms. The summed E-state index contributed by atoms with van der Waals surface area (Å²) in [4.78, 5) is 2.22. The maximum absolute atomic E-state index is 17.9. The fourth-order valence-electron chi connectivity index (χ4n) is 11.2. The topological polar surface area (TPSA) is 3.24 Å². The first-order chi connectivity index (χ1) is 30.0. The molecule has 1 saturated carbocycles. The van der Waals surface area contributed by atoms with Gasteiger partial charge in [-0.3, -0.25) is 0 Å². The van der Waals surface area contributed by atoms with Crippen molar-refractivity contribution in [1.82, 2.24) is 0 Å². The third-order valence-electron chi connectivity index (χ3n) is 14.0. The van der Waals surface area contributed by atoms with Gasteiger partial charge in [0.25, 0.3) is 0 Å². The van der Waals surface area contributed by atoms with E-state index < -0.39 is 0 Å². The second-order valence-corrected chi connectivity index (χ2v) is 17.6. The first kappa shape index (κ1) is 37.2. The molecule has 296 valence electrons. The van der Waals surface area contributed by atoms with Gasteiger partial charge in [0.05, 0.1) is 11.4 Å². The van der Waals surface area contributed by atoms with Crippen LogP contribution in [-0.4, -0.2) is 0 Å². The Bertz CT molecular complexity index is 2920. The van der Waals surface area contributed by atoms with Gasteiger partial charge in [-0.05, 0) is 136 Å². The average molecular weight is 790 g/mol. The summed E-state index contributed by atoms with van der Waals surface area (Å²) in [5, 5.41) is 0. The lowest BCUT2D eigenvalue weighted by Crippen LogP contribution is -2.42. The summed E-state index contributed by atoms with van der Waals surface area (Å²) in [6, 6.07) is 68.4. The summed E-state index contributed by atoms with van der Waals surface area (Å²) in [6.07, 6.45) is 6.28. The summed E-state index contributed by atoms with van der Waals surface area (Å²) in [7, 11) is 0. The zero-order chi connectivity index (χ0) is 41.1. The maximum atomic E-state index is 17.9. The lowest BCUT2D eigenvalue weighted by Gasteiger charge is -2.49. The molecule has 0 amide bonds. The molecule has 4 unspecified atom stereocenters. The van der Waals surface area contributed by atoms with Gasteiger partial charge in [0.2, 0.25) is 0 Å². The van der Waals surface area contributed by atoms with Crippen molar-refractivity contribution < 1.29 is 4.39 Å². The fourth-order valence-corrected chi connectivity index (χ4v) is 11.2. The van der Waals surface area contributed by atoms with Crippen LogP contribution in [0.5, 0.6) is 0 Å². The molecule has 1 spiro atoms. The van der Waals surface area contributed by atoms with Crippen LogP contribution in [0.3, 0.4) is 0 Å². The minimum atomic E-state index is -0.286. The highest BCUT2D eigenvalue weighted by atomic mass is 19.1. The standard InChI is InChI=1S/C59H48FN/c1-39-31-46-33-48(32-39)59(38-40(46)2)54-26-16-15-25-50(54)53-36-51(45-29-27-43(28-30-45)41-17-7-3-8-18-41)57(37-55(53)59)61(49-23-13-6-14-24-49)58-52(44-21-11-5-12-22-44)34-47(35-56(58)60)42-19-9-4-10-20-42/h3-30,34-39,46,48H,31-33H2,1-2H3. The molecule has 4 atom stereocenters. The molecular formula is C59H48FN. The number of benzene rings is 8. The van der Waals surface area contributed by atoms with E-state index in [1.807, 2.05) is 42.5 Å². The molecular weight excluding hydrogens is 742 g/mol. The number of nitrogens with zero attached hydrogens (tertiary/aromatic N) is 1. The van der Waals surface area contributed by atoms with E-state index in [4.69, 9.17) is 0 Å². The molecule has 8 aromatic carbocycles. The van der Waals surface area contributed by atoms with Gasteiger partial charge in [0.15, 0.2) is 0 Å². The third kappa shape index (κ3) is 6.27. The zero-order valence-corrected chi connectivity index (χ0v) is 34.7. The Balaban J connectivity index is 1.23. The zero-order valence-electron chi connectivity index (χ0n) is 34.7. The molecule has 11 rings (SSSR count). The number of hydrogen-bond acceptors (Lipinski definition) is 1. The summed E-state index contributed by atoms with van der Waals surface area (Å²) in [6.45, 7) is 4.82. The first-order valence-electron chi connectivity index (χ1n) is 21.9. The van der Waals surface area contributed by atoms with Crippen molar-refractivity contribution in [3.8, 4) is 55.6 Å². The van der Waals surface area contributed by atoms with Crippen molar-refractivity contribution in [2.45, 2.75) is 38.5 Å². The van der Waals surface area contributed by atoms with E-state index in [0.29, 0.717) is 23.4 Å². The summed E-state index contributed by atoms with van der Waals surface area (Å²) < 4.78 is 17.9. The Kier molecular flexibility index (Phi) is 9.19. The molecule has 1 fully saturated rings. The predicted octanol–water partition coefficient (Wildman–Crippen LogP) is 16.2. The van der Waals surface area contributed by atoms with Crippen molar-refractivity contribution in [2.75, 3.05) is 4.90 Å². The summed E-state index contributed by atoms with van der Waals surface area (Å²) in [5.74, 6) is 1.45. The average Bonchev–Trinajstić information content (AvgIpc) is 3.58. The van der Waals surface area contributed by atoms with Gasteiger partial charge in [-0.1, -0.05) is 176 Å². The first-order valence-corrected chi connectivity index (χ1v) is 21.9. The molecule has 0 N–H and O–H groups in total. The van der Waals surface area contributed by atoms with Crippen LogP contribution in [0.2, 0.25) is 0 Å². The van der Waals surface area contributed by atoms with Crippen LogP contribution in [0, 0.1) is 23.6 Å². The lowest BCUT2D eigenvalue weighted by atomic mass is 9.55. The van der Waals surface area contributed by atoms with E-state index in [0.717, 1.165) is 50.3 Å². The van der Waals surface area contributed by atoms with Gasteiger partial charge in [0.1, 0.15) is 5.82 Å². The number of halogens is 1. The predicted molar refractivity (Wildman–Crippen MR) is 253 cm³/mol. The van der Waals surface area contributed by atoms with Crippen molar-refractivity contribution in [3.63, 3.8) is 0 Å². The highest BCUT2D eigenvalue weighted by Crippen LogP contribution is 2.63. The number of hydrogen-bond donors (Lipinski definition) is 0. The number of para-hydroxylation sites is 1. The van der Waals surface area contributed by atoms with E-state index in [2.05, 4.69) is 170 Å².